The van der Waals surface area contributed by atoms with Gasteiger partial charge in [-0.25, -0.2) is 4.68 Å². The Bertz CT molecular complexity index is 501. The first-order valence-corrected chi connectivity index (χ1v) is 5.32. The first-order chi connectivity index (χ1) is 7.84. The van der Waals surface area contributed by atoms with Gasteiger partial charge in [0.1, 0.15) is 5.69 Å². The monoisotopic (exact) mass is 215 g/mol. The number of nitrogens with two attached hydrogens (primary N) is 1. The molecule has 0 bridgehead atoms. The molecule has 1 aromatic carbocycles. The van der Waals surface area contributed by atoms with Crippen molar-refractivity contribution in [3.8, 4) is 11.3 Å². The second-order valence-electron chi connectivity index (χ2n) is 3.98. The summed E-state index contributed by atoms with van der Waals surface area (Å²) >= 11 is 0. The van der Waals surface area contributed by atoms with E-state index < -0.39 is 0 Å². The summed E-state index contributed by atoms with van der Waals surface area (Å²) < 4.78 is 1.90. The zero-order valence-electron chi connectivity index (χ0n) is 8.80. The van der Waals surface area contributed by atoms with Crippen LogP contribution in [0.1, 0.15) is 6.04 Å². The number of hydrogen-bond donors (Lipinski definition) is 2. The molecule has 0 radical (unpaired) electrons. The van der Waals surface area contributed by atoms with E-state index in [9.17, 15) is 0 Å². The Hall–Kier alpha value is -1.88. The van der Waals surface area contributed by atoms with Crippen LogP contribution in [-0.2, 0) is 0 Å². The van der Waals surface area contributed by atoms with E-state index in [1.807, 2.05) is 35.1 Å². The summed E-state index contributed by atoms with van der Waals surface area (Å²) in [5.41, 5.74) is 8.42. The smallest absolute Gasteiger partial charge is 0.115 e. The van der Waals surface area contributed by atoms with Crippen molar-refractivity contribution < 1.29 is 0 Å². The predicted octanol–water partition coefficient (Wildman–Crippen LogP) is 0.672. The Morgan fingerprint density at radius 3 is 2.81 bits per heavy atom. The van der Waals surface area contributed by atoms with E-state index >= 15 is 0 Å². The fourth-order valence-electron chi connectivity index (χ4n) is 1.77. The highest BCUT2D eigenvalue weighted by atomic mass is 15.4. The summed E-state index contributed by atoms with van der Waals surface area (Å²) in [7, 11) is 0. The molecule has 2 aromatic rings. The molecule has 1 aliphatic heterocycles. The van der Waals surface area contributed by atoms with Gasteiger partial charge in [0.15, 0.2) is 0 Å². The molecule has 1 fully saturated rings. The molecule has 5 heteroatoms. The zero-order chi connectivity index (χ0) is 11.0. The van der Waals surface area contributed by atoms with Crippen molar-refractivity contribution in [3.63, 3.8) is 0 Å². The molecule has 0 saturated carbocycles. The van der Waals surface area contributed by atoms with Crippen LogP contribution in [0.2, 0.25) is 0 Å². The molecule has 0 amide bonds. The quantitative estimate of drug-likeness (QED) is 0.722. The molecule has 3 rings (SSSR count). The van der Waals surface area contributed by atoms with Crippen LogP contribution >= 0.6 is 0 Å². The number of nitrogens with one attached hydrogen (secondary N) is 1. The predicted molar refractivity (Wildman–Crippen MR) is 61.8 cm³/mol. The third kappa shape index (κ3) is 1.45. The molecular weight excluding hydrogens is 202 g/mol. The molecule has 16 heavy (non-hydrogen) atoms. The highest BCUT2D eigenvalue weighted by Gasteiger charge is 2.20. The van der Waals surface area contributed by atoms with E-state index in [1.54, 1.807) is 0 Å². The van der Waals surface area contributed by atoms with Gasteiger partial charge in [-0.05, 0) is 6.07 Å². The first kappa shape index (κ1) is 9.35. The normalized spacial score (nSPS) is 16.0. The number of benzene rings is 1. The zero-order valence-corrected chi connectivity index (χ0v) is 8.80. The van der Waals surface area contributed by atoms with Crippen molar-refractivity contribution in [1.82, 2.24) is 20.3 Å². The van der Waals surface area contributed by atoms with Crippen LogP contribution in [-0.4, -0.2) is 28.1 Å². The molecule has 5 nitrogen and oxygen atoms in total. The van der Waals surface area contributed by atoms with Gasteiger partial charge in [-0.3, -0.25) is 0 Å². The fraction of sp³-hybridized carbons (Fsp3) is 0.273. The summed E-state index contributed by atoms with van der Waals surface area (Å²) in [6.45, 7) is 1.93. The van der Waals surface area contributed by atoms with Gasteiger partial charge < -0.3 is 11.1 Å². The first-order valence-electron chi connectivity index (χ1n) is 5.32. The largest absolute Gasteiger partial charge is 0.398 e. The van der Waals surface area contributed by atoms with Crippen LogP contribution in [0.3, 0.4) is 0 Å². The number of nitrogen functional groups attached to an aromatic ring is 1. The van der Waals surface area contributed by atoms with Crippen molar-refractivity contribution in [1.29, 1.82) is 0 Å². The van der Waals surface area contributed by atoms with Crippen molar-refractivity contribution >= 4 is 5.69 Å². The Balaban J connectivity index is 1.95. The molecule has 0 atom stereocenters. The molecule has 0 spiro atoms. The number of anilines is 1. The van der Waals surface area contributed by atoms with E-state index in [-0.39, 0.29) is 0 Å². The lowest BCUT2D eigenvalue weighted by molar-refractivity contribution is 0.313. The average Bonchev–Trinajstić information content (AvgIpc) is 2.65. The fourth-order valence-corrected chi connectivity index (χ4v) is 1.77. The summed E-state index contributed by atoms with van der Waals surface area (Å²) in [6, 6.07) is 8.14. The van der Waals surface area contributed by atoms with Crippen molar-refractivity contribution in [2.75, 3.05) is 18.8 Å². The van der Waals surface area contributed by atoms with Crippen molar-refractivity contribution in [2.24, 2.45) is 0 Å². The van der Waals surface area contributed by atoms with Crippen LogP contribution in [0.25, 0.3) is 11.3 Å². The summed E-state index contributed by atoms with van der Waals surface area (Å²) in [4.78, 5) is 0. The Labute approximate surface area is 93.3 Å². The molecular formula is C11H13N5. The number of hydrogen-bond acceptors (Lipinski definition) is 4. The maximum atomic E-state index is 5.90. The number of para-hydroxylation sites is 1. The van der Waals surface area contributed by atoms with Gasteiger partial charge in [-0.1, -0.05) is 23.4 Å². The average molecular weight is 215 g/mol. The van der Waals surface area contributed by atoms with Crippen LogP contribution in [0.15, 0.2) is 30.5 Å². The second-order valence-corrected chi connectivity index (χ2v) is 3.98. The SMILES string of the molecule is Nc1ccccc1-c1cn(C2CNC2)nn1. The number of aromatic nitrogens is 3. The highest BCUT2D eigenvalue weighted by molar-refractivity contribution is 5.72. The third-order valence-corrected chi connectivity index (χ3v) is 2.88. The Kier molecular flexibility index (Phi) is 2.11. The van der Waals surface area contributed by atoms with Crippen molar-refractivity contribution in [2.45, 2.75) is 6.04 Å². The molecule has 3 N–H and O–H groups in total. The van der Waals surface area contributed by atoms with E-state index in [4.69, 9.17) is 5.73 Å². The molecule has 2 heterocycles. The number of rotatable bonds is 2. The summed E-state index contributed by atoms with van der Waals surface area (Å²) in [5, 5.41) is 11.5. The third-order valence-electron chi connectivity index (χ3n) is 2.88. The molecule has 1 aliphatic rings. The minimum absolute atomic E-state index is 0.436. The van der Waals surface area contributed by atoms with Crippen molar-refractivity contribution in [3.05, 3.63) is 30.5 Å². The lowest BCUT2D eigenvalue weighted by Crippen LogP contribution is -2.43. The molecule has 1 saturated heterocycles. The molecule has 82 valence electrons. The van der Waals surface area contributed by atoms with E-state index in [0.29, 0.717) is 6.04 Å². The second kappa shape index (κ2) is 3.61. The maximum Gasteiger partial charge on any atom is 0.115 e. The minimum atomic E-state index is 0.436. The Morgan fingerprint density at radius 1 is 1.31 bits per heavy atom. The van der Waals surface area contributed by atoms with E-state index in [0.717, 1.165) is 30.0 Å². The van der Waals surface area contributed by atoms with Gasteiger partial charge in [0.25, 0.3) is 0 Å². The van der Waals surface area contributed by atoms with Gasteiger partial charge in [-0.15, -0.1) is 5.10 Å². The lowest BCUT2D eigenvalue weighted by atomic mass is 10.1. The van der Waals surface area contributed by atoms with Gasteiger partial charge >= 0.3 is 0 Å². The van der Waals surface area contributed by atoms with Gasteiger partial charge in [0.05, 0.1) is 12.2 Å². The highest BCUT2D eigenvalue weighted by Crippen LogP contribution is 2.24. The molecule has 0 unspecified atom stereocenters. The van der Waals surface area contributed by atoms with Gasteiger partial charge in [0.2, 0.25) is 0 Å². The summed E-state index contributed by atoms with van der Waals surface area (Å²) in [5.74, 6) is 0. The summed E-state index contributed by atoms with van der Waals surface area (Å²) in [6.07, 6.45) is 1.96. The topological polar surface area (TPSA) is 68.8 Å². The van der Waals surface area contributed by atoms with Crippen LogP contribution < -0.4 is 11.1 Å². The van der Waals surface area contributed by atoms with E-state index in [2.05, 4.69) is 15.6 Å². The number of nitrogens with zero attached hydrogens (tertiary/aromatic N) is 3. The van der Waals surface area contributed by atoms with Gasteiger partial charge in [0, 0.05) is 24.3 Å². The van der Waals surface area contributed by atoms with E-state index in [1.165, 1.54) is 0 Å². The van der Waals surface area contributed by atoms with Crippen LogP contribution in [0.5, 0.6) is 0 Å². The lowest BCUT2D eigenvalue weighted by Gasteiger charge is -2.26. The molecule has 0 aliphatic carbocycles. The van der Waals surface area contributed by atoms with Gasteiger partial charge in [-0.2, -0.15) is 0 Å². The van der Waals surface area contributed by atoms with Crippen LogP contribution in [0, 0.1) is 0 Å². The minimum Gasteiger partial charge on any atom is -0.398 e. The standard InChI is InChI=1S/C11H13N5/c12-10-4-2-1-3-9(10)11-7-16(15-14-11)8-5-13-6-8/h1-4,7-8,13H,5-6,12H2. The van der Waals surface area contributed by atoms with Crippen LogP contribution in [0.4, 0.5) is 5.69 Å². The maximum absolute atomic E-state index is 5.90. The Morgan fingerprint density at radius 2 is 2.12 bits per heavy atom. The molecule has 1 aromatic heterocycles.